The predicted octanol–water partition coefficient (Wildman–Crippen LogP) is -0.554. The number of hydrogen-bond acceptors (Lipinski definition) is 5. The molecule has 1 rings (SSSR count). The molecule has 18 heavy (non-hydrogen) atoms. The Morgan fingerprint density at radius 3 is 2.28 bits per heavy atom. The van der Waals surface area contributed by atoms with Crippen molar-refractivity contribution in [2.45, 2.75) is 0 Å². The summed E-state index contributed by atoms with van der Waals surface area (Å²) < 4.78 is 0. The van der Waals surface area contributed by atoms with Crippen LogP contribution in [0.3, 0.4) is 0 Å². The van der Waals surface area contributed by atoms with Crippen LogP contribution in [0.4, 0.5) is 0 Å². The molecule has 8 heteroatoms. The van der Waals surface area contributed by atoms with E-state index < -0.39 is 40.3 Å². The van der Waals surface area contributed by atoms with E-state index in [0.29, 0.717) is 6.08 Å². The molecule has 0 radical (unpaired) electrons. The lowest BCUT2D eigenvalue weighted by Gasteiger charge is -2.00. The first-order valence-corrected chi connectivity index (χ1v) is 4.48. The third-order valence-corrected chi connectivity index (χ3v) is 1.89. The maximum Gasteiger partial charge on any atom is 0.376 e. The molecule has 0 aromatic carbocycles. The molecule has 0 atom stereocenters. The molecule has 8 nitrogen and oxygen atoms in total. The maximum absolute atomic E-state index is 11.4. The van der Waals surface area contributed by atoms with Crippen LogP contribution >= 0.6 is 0 Å². The zero-order chi connectivity index (χ0) is 13.9. The Bertz CT molecular complexity index is 611. The SMILES string of the molecule is O=C(O)C(=O)/C=C\c1c(O)cc(C(=O)O)[nH]c1=O. The van der Waals surface area contributed by atoms with Crippen molar-refractivity contribution in [2.75, 3.05) is 0 Å². The number of pyridine rings is 1. The van der Waals surface area contributed by atoms with E-state index in [-0.39, 0.29) is 0 Å². The second-order valence-electron chi connectivity index (χ2n) is 3.12. The molecule has 0 aliphatic carbocycles. The Balaban J connectivity index is 3.20. The number of rotatable bonds is 4. The largest absolute Gasteiger partial charge is 0.507 e. The molecular weight excluding hydrogens is 246 g/mol. The number of aromatic hydroxyl groups is 1. The molecule has 1 aromatic rings. The van der Waals surface area contributed by atoms with Gasteiger partial charge in [-0.1, -0.05) is 0 Å². The summed E-state index contributed by atoms with van der Waals surface area (Å²) in [5.41, 5.74) is -1.89. The van der Waals surface area contributed by atoms with Crippen molar-refractivity contribution in [3.8, 4) is 5.75 Å². The van der Waals surface area contributed by atoms with E-state index in [0.717, 1.165) is 12.1 Å². The van der Waals surface area contributed by atoms with E-state index in [1.54, 1.807) is 0 Å². The second-order valence-corrected chi connectivity index (χ2v) is 3.12. The van der Waals surface area contributed by atoms with Gasteiger partial charge in [-0.05, 0) is 12.2 Å². The summed E-state index contributed by atoms with van der Waals surface area (Å²) in [5, 5.41) is 26.3. The Hall–Kier alpha value is -2.90. The lowest BCUT2D eigenvalue weighted by molar-refractivity contribution is -0.146. The van der Waals surface area contributed by atoms with Gasteiger partial charge in [0.05, 0.1) is 5.56 Å². The van der Waals surface area contributed by atoms with E-state index in [1.165, 1.54) is 0 Å². The van der Waals surface area contributed by atoms with Crippen LogP contribution in [0.25, 0.3) is 6.08 Å². The fraction of sp³-hybridized carbons (Fsp3) is 0. The van der Waals surface area contributed by atoms with Gasteiger partial charge in [-0.25, -0.2) is 9.59 Å². The number of H-pyrrole nitrogens is 1. The van der Waals surface area contributed by atoms with Gasteiger partial charge >= 0.3 is 11.9 Å². The highest BCUT2D eigenvalue weighted by molar-refractivity contribution is 6.38. The monoisotopic (exact) mass is 253 g/mol. The molecule has 94 valence electrons. The van der Waals surface area contributed by atoms with E-state index in [4.69, 9.17) is 10.2 Å². The standard InChI is InChI=1S/C10H7NO7/c12-6(10(17)18)2-1-4-7(13)3-5(9(15)16)11-8(4)14/h1-3H,(H,15,16)(H,17,18)(H2,11,13,14)/b2-1-. The van der Waals surface area contributed by atoms with Crippen molar-refractivity contribution in [2.24, 2.45) is 0 Å². The molecule has 0 bridgehead atoms. The van der Waals surface area contributed by atoms with Crippen LogP contribution in [-0.4, -0.2) is 38.0 Å². The van der Waals surface area contributed by atoms with Gasteiger partial charge < -0.3 is 20.3 Å². The number of hydrogen-bond donors (Lipinski definition) is 4. The molecule has 0 saturated heterocycles. The minimum Gasteiger partial charge on any atom is -0.507 e. The van der Waals surface area contributed by atoms with Gasteiger partial charge in [0.1, 0.15) is 11.4 Å². The second kappa shape index (κ2) is 4.95. The highest BCUT2D eigenvalue weighted by Gasteiger charge is 2.12. The van der Waals surface area contributed by atoms with Crippen molar-refractivity contribution in [1.29, 1.82) is 0 Å². The topological polar surface area (TPSA) is 145 Å². The molecule has 0 saturated carbocycles. The minimum atomic E-state index is -1.72. The number of aromatic carboxylic acids is 1. The Labute approximate surface area is 98.8 Å². The highest BCUT2D eigenvalue weighted by atomic mass is 16.4. The first kappa shape index (κ1) is 13.2. The Morgan fingerprint density at radius 2 is 1.83 bits per heavy atom. The lowest BCUT2D eigenvalue weighted by atomic mass is 10.2. The average molecular weight is 253 g/mol. The summed E-state index contributed by atoms with van der Waals surface area (Å²) in [6, 6.07) is 0.772. The molecule has 4 N–H and O–H groups in total. The molecule has 0 spiro atoms. The van der Waals surface area contributed by atoms with Gasteiger partial charge in [-0.3, -0.25) is 9.59 Å². The van der Waals surface area contributed by atoms with Crippen molar-refractivity contribution < 1.29 is 29.7 Å². The van der Waals surface area contributed by atoms with Crippen LogP contribution in [0.1, 0.15) is 16.1 Å². The molecule has 0 aliphatic rings. The van der Waals surface area contributed by atoms with E-state index in [9.17, 15) is 24.3 Å². The van der Waals surface area contributed by atoms with Gasteiger partial charge in [0.25, 0.3) is 11.3 Å². The normalized spacial score (nSPS) is 10.4. The number of carboxylic acid groups (broad SMARTS) is 2. The Kier molecular flexibility index (Phi) is 3.62. The van der Waals surface area contributed by atoms with Crippen LogP contribution in [0.15, 0.2) is 16.9 Å². The predicted molar refractivity (Wildman–Crippen MR) is 57.4 cm³/mol. The van der Waals surface area contributed by atoms with Gasteiger partial charge in [-0.2, -0.15) is 0 Å². The average Bonchev–Trinajstić information content (AvgIpc) is 2.26. The number of carbonyl (C=O) groups is 3. The number of aliphatic carboxylic acids is 1. The van der Waals surface area contributed by atoms with Crippen molar-refractivity contribution in [3.63, 3.8) is 0 Å². The number of carboxylic acids is 2. The number of aromatic nitrogens is 1. The number of nitrogens with one attached hydrogen (secondary N) is 1. The van der Waals surface area contributed by atoms with Crippen LogP contribution in [-0.2, 0) is 9.59 Å². The smallest absolute Gasteiger partial charge is 0.376 e. The zero-order valence-electron chi connectivity index (χ0n) is 8.71. The lowest BCUT2D eigenvalue weighted by Crippen LogP contribution is -2.15. The summed E-state index contributed by atoms with van der Waals surface area (Å²) in [6.07, 6.45) is 1.36. The van der Waals surface area contributed by atoms with Gasteiger partial charge in [0.2, 0.25) is 0 Å². The Morgan fingerprint density at radius 1 is 1.22 bits per heavy atom. The zero-order valence-corrected chi connectivity index (χ0v) is 8.71. The van der Waals surface area contributed by atoms with Crippen LogP contribution in [0.5, 0.6) is 5.75 Å². The molecule has 0 unspecified atom stereocenters. The fourth-order valence-electron chi connectivity index (χ4n) is 1.06. The molecule has 0 fully saturated rings. The highest BCUT2D eigenvalue weighted by Crippen LogP contribution is 2.14. The van der Waals surface area contributed by atoms with Gasteiger partial charge in [-0.15, -0.1) is 0 Å². The maximum atomic E-state index is 11.4. The van der Waals surface area contributed by atoms with Crippen LogP contribution in [0.2, 0.25) is 0 Å². The summed E-state index contributed by atoms with van der Waals surface area (Å²) in [7, 11) is 0. The fourth-order valence-corrected chi connectivity index (χ4v) is 1.06. The third-order valence-electron chi connectivity index (χ3n) is 1.89. The first-order valence-electron chi connectivity index (χ1n) is 4.48. The van der Waals surface area contributed by atoms with E-state index in [2.05, 4.69) is 0 Å². The third kappa shape index (κ3) is 2.82. The van der Waals surface area contributed by atoms with Crippen LogP contribution in [0, 0.1) is 0 Å². The van der Waals surface area contributed by atoms with Crippen molar-refractivity contribution in [1.82, 2.24) is 4.98 Å². The van der Waals surface area contributed by atoms with Crippen molar-refractivity contribution >= 4 is 23.8 Å². The molecule has 1 aromatic heterocycles. The summed E-state index contributed by atoms with van der Waals surface area (Å²) in [5.74, 6) is -5.12. The van der Waals surface area contributed by atoms with E-state index in [1.807, 2.05) is 4.98 Å². The number of aromatic amines is 1. The number of ketones is 1. The molecular formula is C10H7NO7. The quantitative estimate of drug-likeness (QED) is 0.416. The first-order chi connectivity index (χ1) is 8.32. The number of carbonyl (C=O) groups excluding carboxylic acids is 1. The van der Waals surface area contributed by atoms with E-state index >= 15 is 0 Å². The van der Waals surface area contributed by atoms with Crippen LogP contribution < -0.4 is 5.56 Å². The summed E-state index contributed by atoms with van der Waals surface area (Å²) in [6.45, 7) is 0. The molecule has 0 amide bonds. The summed E-state index contributed by atoms with van der Waals surface area (Å²) in [4.78, 5) is 44.8. The molecule has 0 aliphatic heterocycles. The molecule has 1 heterocycles. The van der Waals surface area contributed by atoms with Crippen molar-refractivity contribution in [3.05, 3.63) is 33.8 Å². The summed E-state index contributed by atoms with van der Waals surface area (Å²) >= 11 is 0. The van der Waals surface area contributed by atoms with Gasteiger partial charge in [0.15, 0.2) is 0 Å². The minimum absolute atomic E-state index is 0.408. The van der Waals surface area contributed by atoms with Gasteiger partial charge in [0, 0.05) is 6.07 Å².